The molecule has 6 nitrogen and oxygen atoms in total. The Morgan fingerprint density at radius 3 is 2.91 bits per heavy atom. The van der Waals surface area contributed by atoms with E-state index in [9.17, 15) is 9.59 Å². The third-order valence-electron chi connectivity index (χ3n) is 2.86. The number of esters is 1. The van der Waals surface area contributed by atoms with Gasteiger partial charge in [-0.25, -0.2) is 14.8 Å². The Balaban J connectivity index is 2.03. The zero-order valence-corrected chi connectivity index (χ0v) is 14.1. The summed E-state index contributed by atoms with van der Waals surface area (Å²) in [5.41, 5.74) is 1.04. The lowest BCUT2D eigenvalue weighted by Crippen LogP contribution is -2.20. The number of thioether (sulfide) groups is 1. The van der Waals surface area contributed by atoms with Crippen molar-refractivity contribution >= 4 is 34.9 Å². The zero-order chi connectivity index (χ0) is 16.8. The third-order valence-corrected chi connectivity index (χ3v) is 4.60. The molecule has 0 bridgehead atoms. The predicted octanol–water partition coefficient (Wildman–Crippen LogP) is 2.60. The Hall–Kier alpha value is -2.24. The number of nitriles is 1. The molecule has 23 heavy (non-hydrogen) atoms. The molecular weight excluding hydrogens is 334 g/mol. The summed E-state index contributed by atoms with van der Waals surface area (Å²) in [4.78, 5) is 32.4. The molecule has 0 fully saturated rings. The normalized spacial score (nSPS) is 11.5. The summed E-state index contributed by atoms with van der Waals surface area (Å²) in [7, 11) is 0. The van der Waals surface area contributed by atoms with Crippen molar-refractivity contribution in [2.45, 2.75) is 17.9 Å². The molecule has 2 aromatic rings. The number of hydrogen-bond donors (Lipinski definition) is 0. The largest absolute Gasteiger partial charge is 0.454 e. The van der Waals surface area contributed by atoms with Gasteiger partial charge in [0.05, 0.1) is 11.6 Å². The van der Waals surface area contributed by atoms with Gasteiger partial charge in [-0.1, -0.05) is 0 Å². The molecule has 0 aromatic carbocycles. The average molecular weight is 347 g/mol. The van der Waals surface area contributed by atoms with Gasteiger partial charge in [0.25, 0.3) is 0 Å². The van der Waals surface area contributed by atoms with Crippen molar-refractivity contribution < 1.29 is 14.3 Å². The van der Waals surface area contributed by atoms with Crippen LogP contribution in [-0.4, -0.2) is 34.6 Å². The van der Waals surface area contributed by atoms with Gasteiger partial charge in [-0.3, -0.25) is 4.79 Å². The molecule has 0 N–H and O–H groups in total. The fourth-order valence-electron chi connectivity index (χ4n) is 1.78. The molecule has 0 aliphatic rings. The fourth-order valence-corrected chi connectivity index (χ4v) is 3.17. The molecule has 0 amide bonds. The number of ketones is 1. The summed E-state index contributed by atoms with van der Waals surface area (Å²) in [6, 6.07) is 5.11. The number of pyridine rings is 1. The molecule has 2 aromatic heterocycles. The van der Waals surface area contributed by atoms with Crippen molar-refractivity contribution in [2.75, 3.05) is 12.9 Å². The summed E-state index contributed by atoms with van der Waals surface area (Å²) in [5, 5.41) is 11.9. The number of carbonyl (C=O) groups is 2. The second kappa shape index (κ2) is 7.85. The van der Waals surface area contributed by atoms with Gasteiger partial charge in [0.15, 0.2) is 18.3 Å². The number of aromatic nitrogens is 2. The van der Waals surface area contributed by atoms with Gasteiger partial charge in [-0.05, 0) is 25.3 Å². The van der Waals surface area contributed by atoms with Crippen molar-refractivity contribution in [3.8, 4) is 6.07 Å². The van der Waals surface area contributed by atoms with Crippen molar-refractivity contribution in [2.24, 2.45) is 0 Å². The summed E-state index contributed by atoms with van der Waals surface area (Å²) in [6.07, 6.45) is 3.37. The van der Waals surface area contributed by atoms with E-state index < -0.39 is 24.3 Å². The zero-order valence-electron chi connectivity index (χ0n) is 12.5. The Morgan fingerprint density at radius 2 is 2.30 bits per heavy atom. The molecule has 0 aliphatic carbocycles. The number of rotatable bonds is 6. The smallest absolute Gasteiger partial charge is 0.341 e. The molecule has 8 heteroatoms. The Bertz CT molecular complexity index is 767. The van der Waals surface area contributed by atoms with Gasteiger partial charge in [0.2, 0.25) is 0 Å². The summed E-state index contributed by atoms with van der Waals surface area (Å²) >= 11 is 2.55. The highest BCUT2D eigenvalue weighted by Gasteiger charge is 2.25. The Kier molecular flexibility index (Phi) is 5.84. The van der Waals surface area contributed by atoms with Crippen molar-refractivity contribution in [3.05, 3.63) is 40.0 Å². The van der Waals surface area contributed by atoms with Crippen LogP contribution in [-0.2, 0) is 9.53 Å². The SMILES string of the molecule is CSc1ncccc1C(=O)OCC(=O)C(C#N)c1nc(C)cs1. The lowest BCUT2D eigenvalue weighted by atomic mass is 10.1. The highest BCUT2D eigenvalue weighted by atomic mass is 32.2. The van der Waals surface area contributed by atoms with Crippen LogP contribution in [0.3, 0.4) is 0 Å². The lowest BCUT2D eigenvalue weighted by molar-refractivity contribution is -0.122. The monoisotopic (exact) mass is 347 g/mol. The van der Waals surface area contributed by atoms with Gasteiger partial charge in [-0.15, -0.1) is 23.1 Å². The molecule has 0 spiro atoms. The number of hydrogen-bond acceptors (Lipinski definition) is 8. The van der Waals surface area contributed by atoms with Gasteiger partial charge in [0.1, 0.15) is 10.0 Å². The van der Waals surface area contributed by atoms with E-state index in [4.69, 9.17) is 10.00 Å². The van der Waals surface area contributed by atoms with Crippen LogP contribution < -0.4 is 0 Å². The van der Waals surface area contributed by atoms with Gasteiger partial charge in [-0.2, -0.15) is 5.26 Å². The quantitative estimate of drug-likeness (QED) is 0.585. The molecule has 1 unspecified atom stereocenters. The second-order valence-corrected chi connectivity index (χ2v) is 6.18. The summed E-state index contributed by atoms with van der Waals surface area (Å²) < 4.78 is 5.03. The first kappa shape index (κ1) is 17.1. The number of ether oxygens (including phenoxy) is 1. The molecule has 1 atom stereocenters. The summed E-state index contributed by atoms with van der Waals surface area (Å²) in [6.45, 7) is 1.31. The van der Waals surface area contributed by atoms with E-state index >= 15 is 0 Å². The van der Waals surface area contributed by atoms with Crippen LogP contribution in [0, 0.1) is 18.3 Å². The van der Waals surface area contributed by atoms with E-state index in [1.807, 2.05) is 6.07 Å². The van der Waals surface area contributed by atoms with Crippen molar-refractivity contribution in [1.82, 2.24) is 9.97 Å². The van der Waals surface area contributed by atoms with Crippen molar-refractivity contribution in [3.63, 3.8) is 0 Å². The minimum Gasteiger partial charge on any atom is -0.454 e. The number of thiazole rings is 1. The molecule has 2 rings (SSSR count). The van der Waals surface area contributed by atoms with Crippen LogP contribution >= 0.6 is 23.1 Å². The van der Waals surface area contributed by atoms with E-state index in [-0.39, 0.29) is 0 Å². The first-order valence-corrected chi connectivity index (χ1v) is 8.67. The molecule has 118 valence electrons. The van der Waals surface area contributed by atoms with Crippen LogP contribution in [0.4, 0.5) is 0 Å². The lowest BCUT2D eigenvalue weighted by Gasteiger charge is -2.08. The summed E-state index contributed by atoms with van der Waals surface area (Å²) in [5.74, 6) is -2.15. The van der Waals surface area contributed by atoms with E-state index in [0.717, 1.165) is 5.69 Å². The maximum atomic E-state index is 12.1. The molecule has 0 aliphatic heterocycles. The maximum absolute atomic E-state index is 12.1. The first-order valence-electron chi connectivity index (χ1n) is 6.57. The molecule has 0 saturated heterocycles. The fraction of sp³-hybridized carbons (Fsp3) is 0.267. The molecule has 2 heterocycles. The van der Waals surface area contributed by atoms with Crippen LogP contribution in [0.5, 0.6) is 0 Å². The topological polar surface area (TPSA) is 92.9 Å². The van der Waals surface area contributed by atoms with Crippen LogP contribution in [0.25, 0.3) is 0 Å². The Labute approximate surface area is 141 Å². The first-order chi connectivity index (χ1) is 11.1. The minimum atomic E-state index is -1.02. The Morgan fingerprint density at radius 1 is 1.52 bits per heavy atom. The van der Waals surface area contributed by atoms with Gasteiger partial charge >= 0.3 is 5.97 Å². The molecule has 0 saturated carbocycles. The van der Waals surface area contributed by atoms with Crippen molar-refractivity contribution in [1.29, 1.82) is 5.26 Å². The van der Waals surface area contributed by atoms with Crippen LogP contribution in [0.15, 0.2) is 28.7 Å². The minimum absolute atomic E-state index is 0.298. The van der Waals surface area contributed by atoms with Crippen LogP contribution in [0.2, 0.25) is 0 Å². The maximum Gasteiger partial charge on any atom is 0.341 e. The second-order valence-electron chi connectivity index (χ2n) is 4.49. The van der Waals surface area contributed by atoms with E-state index in [2.05, 4.69) is 9.97 Å². The van der Waals surface area contributed by atoms with E-state index in [1.54, 1.807) is 36.9 Å². The third kappa shape index (κ3) is 4.15. The number of carbonyl (C=O) groups excluding carboxylic acids is 2. The standard InChI is InChI=1S/C15H13N3O3S2/c1-9-8-23-14(18-9)11(6-16)12(19)7-21-15(20)10-4-3-5-17-13(10)22-2/h3-5,8,11H,7H2,1-2H3. The molecular formula is C15H13N3O3S2. The van der Waals surface area contributed by atoms with E-state index in [0.29, 0.717) is 15.6 Å². The number of Topliss-reactive ketones (excluding diaryl/α,β-unsaturated/α-hetero) is 1. The van der Waals surface area contributed by atoms with Gasteiger partial charge < -0.3 is 4.74 Å². The predicted molar refractivity (Wildman–Crippen MR) is 86.5 cm³/mol. The molecule has 0 radical (unpaired) electrons. The van der Waals surface area contributed by atoms with Gasteiger partial charge in [0, 0.05) is 17.3 Å². The highest BCUT2D eigenvalue weighted by Crippen LogP contribution is 2.21. The van der Waals surface area contributed by atoms with Crippen LogP contribution in [0.1, 0.15) is 27.0 Å². The average Bonchev–Trinajstić information content (AvgIpc) is 2.99. The number of aryl methyl sites for hydroxylation is 1. The number of nitrogens with zero attached hydrogens (tertiary/aromatic N) is 3. The highest BCUT2D eigenvalue weighted by molar-refractivity contribution is 7.98. The van der Waals surface area contributed by atoms with E-state index in [1.165, 1.54) is 23.1 Å².